The Kier molecular flexibility index (Phi) is 7.45. The van der Waals surface area contributed by atoms with E-state index in [-0.39, 0.29) is 17.9 Å². The molecule has 3 heterocycles. The molecule has 2 aromatic heterocycles. The SMILES string of the molecule is CC(C)N1CCCC1C(=O)N[C@@H](CC1CCCCC1)C(=O)NCc1cnc2[nH]ccc2c1. The molecule has 0 aromatic carbocycles. The van der Waals surface area contributed by atoms with Crippen LogP contribution in [0.2, 0.25) is 0 Å². The van der Waals surface area contributed by atoms with E-state index in [0.717, 1.165) is 55.2 Å². The first-order chi connectivity index (χ1) is 15.5. The first kappa shape index (κ1) is 22.8. The zero-order valence-electron chi connectivity index (χ0n) is 19.4. The average molecular weight is 440 g/mol. The Bertz CT molecular complexity index is 918. The number of nitrogens with one attached hydrogen (secondary N) is 3. The molecule has 32 heavy (non-hydrogen) atoms. The summed E-state index contributed by atoms with van der Waals surface area (Å²) < 4.78 is 0. The normalized spacial score (nSPS) is 21.2. The van der Waals surface area contributed by atoms with Crippen LogP contribution in [-0.4, -0.2) is 51.4 Å². The molecule has 7 nitrogen and oxygen atoms in total. The molecule has 1 aliphatic carbocycles. The molecule has 2 fully saturated rings. The number of amides is 2. The number of hydrogen-bond donors (Lipinski definition) is 3. The maximum Gasteiger partial charge on any atom is 0.242 e. The summed E-state index contributed by atoms with van der Waals surface area (Å²) in [7, 11) is 0. The standard InChI is InChI=1S/C25H37N5O2/c1-17(2)30-12-6-9-22(30)25(32)29-21(14-18-7-4-3-5-8-18)24(31)28-16-19-13-20-10-11-26-23(20)27-15-19/h10-11,13,15,17-18,21-22H,3-9,12,14,16H2,1-2H3,(H,26,27)(H,28,31)(H,29,32)/t21-,22?/m0/s1. The van der Waals surface area contributed by atoms with E-state index in [1.54, 1.807) is 6.20 Å². The van der Waals surface area contributed by atoms with Gasteiger partial charge in [0.2, 0.25) is 11.8 Å². The van der Waals surface area contributed by atoms with Crippen LogP contribution in [0, 0.1) is 5.92 Å². The Morgan fingerprint density at radius 1 is 1.19 bits per heavy atom. The summed E-state index contributed by atoms with van der Waals surface area (Å²) in [5.41, 5.74) is 1.80. The summed E-state index contributed by atoms with van der Waals surface area (Å²) in [6.45, 7) is 5.62. The van der Waals surface area contributed by atoms with Gasteiger partial charge >= 0.3 is 0 Å². The summed E-state index contributed by atoms with van der Waals surface area (Å²) >= 11 is 0. The van der Waals surface area contributed by atoms with Crippen molar-refractivity contribution in [3.63, 3.8) is 0 Å². The molecule has 1 saturated carbocycles. The number of likely N-dealkylation sites (tertiary alicyclic amines) is 1. The van der Waals surface area contributed by atoms with Crippen LogP contribution < -0.4 is 10.6 Å². The van der Waals surface area contributed by atoms with Crippen molar-refractivity contribution in [2.45, 2.75) is 89.9 Å². The highest BCUT2D eigenvalue weighted by atomic mass is 16.2. The number of rotatable bonds is 8. The van der Waals surface area contributed by atoms with Gasteiger partial charge in [-0.3, -0.25) is 14.5 Å². The Labute approximate surface area is 190 Å². The van der Waals surface area contributed by atoms with Gasteiger partial charge in [-0.05, 0) is 63.3 Å². The molecule has 1 aliphatic heterocycles. The minimum absolute atomic E-state index is 0.00238. The van der Waals surface area contributed by atoms with Gasteiger partial charge in [-0.15, -0.1) is 0 Å². The van der Waals surface area contributed by atoms with Crippen molar-refractivity contribution < 1.29 is 9.59 Å². The molecule has 2 amide bonds. The minimum atomic E-state index is -0.482. The third kappa shape index (κ3) is 5.49. The fraction of sp³-hybridized carbons (Fsp3) is 0.640. The van der Waals surface area contributed by atoms with Gasteiger partial charge in [0.15, 0.2) is 0 Å². The van der Waals surface area contributed by atoms with Crippen molar-refractivity contribution in [2.24, 2.45) is 5.92 Å². The Hall–Kier alpha value is -2.41. The summed E-state index contributed by atoms with van der Waals surface area (Å²) in [5.74, 6) is 0.414. The minimum Gasteiger partial charge on any atom is -0.350 e. The molecule has 1 saturated heterocycles. The van der Waals surface area contributed by atoms with Gasteiger partial charge in [0.25, 0.3) is 0 Å². The molecule has 1 unspecified atom stereocenters. The van der Waals surface area contributed by atoms with E-state index in [0.29, 0.717) is 18.5 Å². The molecule has 0 spiro atoms. The highest BCUT2D eigenvalue weighted by molar-refractivity contribution is 5.90. The lowest BCUT2D eigenvalue weighted by Gasteiger charge is -2.30. The van der Waals surface area contributed by atoms with E-state index < -0.39 is 6.04 Å². The quantitative estimate of drug-likeness (QED) is 0.587. The maximum absolute atomic E-state index is 13.2. The third-order valence-corrected chi connectivity index (χ3v) is 7.11. The Morgan fingerprint density at radius 2 is 2.00 bits per heavy atom. The predicted molar refractivity (Wildman–Crippen MR) is 126 cm³/mol. The van der Waals surface area contributed by atoms with Crippen molar-refractivity contribution in [1.29, 1.82) is 0 Å². The second-order valence-corrected chi connectivity index (χ2v) is 9.77. The van der Waals surface area contributed by atoms with Crippen molar-refractivity contribution in [3.8, 4) is 0 Å². The van der Waals surface area contributed by atoms with Crippen LogP contribution in [-0.2, 0) is 16.1 Å². The van der Waals surface area contributed by atoms with Gasteiger partial charge in [-0.25, -0.2) is 4.98 Å². The topological polar surface area (TPSA) is 90.1 Å². The van der Waals surface area contributed by atoms with Gasteiger partial charge in [0.1, 0.15) is 11.7 Å². The molecule has 7 heteroatoms. The number of fused-ring (bicyclic) bond motifs is 1. The van der Waals surface area contributed by atoms with E-state index >= 15 is 0 Å². The fourth-order valence-electron chi connectivity index (χ4n) is 5.34. The van der Waals surface area contributed by atoms with E-state index in [4.69, 9.17) is 0 Å². The monoisotopic (exact) mass is 439 g/mol. The lowest BCUT2D eigenvalue weighted by Crippen LogP contribution is -2.53. The maximum atomic E-state index is 13.2. The average Bonchev–Trinajstić information content (AvgIpc) is 3.47. The van der Waals surface area contributed by atoms with E-state index in [1.165, 1.54) is 19.3 Å². The molecule has 0 bridgehead atoms. The first-order valence-electron chi connectivity index (χ1n) is 12.3. The smallest absolute Gasteiger partial charge is 0.242 e. The zero-order valence-corrected chi connectivity index (χ0v) is 19.4. The van der Waals surface area contributed by atoms with Gasteiger partial charge in [-0.2, -0.15) is 0 Å². The number of carbonyl (C=O) groups excluding carboxylic acids is 2. The van der Waals surface area contributed by atoms with Gasteiger partial charge in [0.05, 0.1) is 6.04 Å². The van der Waals surface area contributed by atoms with E-state index in [1.807, 2.05) is 18.3 Å². The molecule has 174 valence electrons. The zero-order chi connectivity index (χ0) is 22.5. The molecule has 2 aromatic rings. The lowest BCUT2D eigenvalue weighted by atomic mass is 9.84. The number of pyridine rings is 1. The van der Waals surface area contributed by atoms with Gasteiger partial charge in [0, 0.05) is 30.4 Å². The first-order valence-corrected chi connectivity index (χ1v) is 12.3. The third-order valence-electron chi connectivity index (χ3n) is 7.11. The summed E-state index contributed by atoms with van der Waals surface area (Å²) in [6, 6.07) is 3.73. The van der Waals surface area contributed by atoms with Gasteiger partial charge < -0.3 is 15.6 Å². The van der Waals surface area contributed by atoms with Crippen LogP contribution in [0.1, 0.15) is 70.8 Å². The van der Waals surface area contributed by atoms with Crippen molar-refractivity contribution >= 4 is 22.8 Å². The number of H-pyrrole nitrogens is 1. The van der Waals surface area contributed by atoms with E-state index in [2.05, 4.69) is 39.3 Å². The summed E-state index contributed by atoms with van der Waals surface area (Å²) in [5, 5.41) is 7.22. The van der Waals surface area contributed by atoms with E-state index in [9.17, 15) is 9.59 Å². The molecule has 3 N–H and O–H groups in total. The lowest BCUT2D eigenvalue weighted by molar-refractivity contribution is -0.132. The second kappa shape index (κ2) is 10.5. The van der Waals surface area contributed by atoms with Crippen molar-refractivity contribution in [1.82, 2.24) is 25.5 Å². The molecule has 2 aliphatic rings. The molecule has 0 radical (unpaired) electrons. The predicted octanol–water partition coefficient (Wildman–Crippen LogP) is 3.51. The molecule has 4 rings (SSSR count). The second-order valence-electron chi connectivity index (χ2n) is 9.77. The number of aromatic nitrogens is 2. The van der Waals surface area contributed by atoms with Gasteiger partial charge in [-0.1, -0.05) is 32.1 Å². The Balaban J connectivity index is 1.41. The van der Waals surface area contributed by atoms with Crippen LogP contribution in [0.3, 0.4) is 0 Å². The van der Waals surface area contributed by atoms with Crippen LogP contribution >= 0.6 is 0 Å². The molecular formula is C25H37N5O2. The van der Waals surface area contributed by atoms with Crippen LogP contribution in [0.25, 0.3) is 11.0 Å². The van der Waals surface area contributed by atoms with Crippen molar-refractivity contribution in [3.05, 3.63) is 30.1 Å². The molecule has 2 atom stereocenters. The van der Waals surface area contributed by atoms with Crippen LogP contribution in [0.4, 0.5) is 0 Å². The number of nitrogens with zero attached hydrogens (tertiary/aromatic N) is 2. The number of carbonyl (C=O) groups is 2. The summed E-state index contributed by atoms with van der Waals surface area (Å²) in [4.78, 5) is 36.1. The van der Waals surface area contributed by atoms with Crippen molar-refractivity contribution in [2.75, 3.05) is 6.54 Å². The largest absolute Gasteiger partial charge is 0.350 e. The summed E-state index contributed by atoms with van der Waals surface area (Å²) in [6.07, 6.45) is 12.3. The van der Waals surface area contributed by atoms with Crippen LogP contribution in [0.15, 0.2) is 24.5 Å². The Morgan fingerprint density at radius 3 is 2.78 bits per heavy atom. The number of hydrogen-bond acceptors (Lipinski definition) is 4. The molecular weight excluding hydrogens is 402 g/mol. The fourth-order valence-corrected chi connectivity index (χ4v) is 5.34. The highest BCUT2D eigenvalue weighted by Gasteiger charge is 2.35. The van der Waals surface area contributed by atoms with Crippen LogP contribution in [0.5, 0.6) is 0 Å². The number of aromatic amines is 1. The highest BCUT2D eigenvalue weighted by Crippen LogP contribution is 2.28.